The van der Waals surface area contributed by atoms with Crippen molar-refractivity contribution in [2.75, 3.05) is 10.2 Å². The van der Waals surface area contributed by atoms with Gasteiger partial charge in [0.2, 0.25) is 5.91 Å². The van der Waals surface area contributed by atoms with Crippen molar-refractivity contribution >= 4 is 34.7 Å². The van der Waals surface area contributed by atoms with Crippen LogP contribution in [-0.2, 0) is 15.0 Å². The third-order valence-electron chi connectivity index (χ3n) is 6.81. The molecular weight excluding hydrogens is 436 g/mol. The summed E-state index contributed by atoms with van der Waals surface area (Å²) in [5.74, 6) is -0.441. The molecule has 2 aromatic rings. The maximum atomic E-state index is 13.8. The van der Waals surface area contributed by atoms with Crippen LogP contribution in [0.1, 0.15) is 37.8 Å². The molecule has 1 spiro atoms. The smallest absolute Gasteiger partial charge is 0.245 e. The molecular formula is C26H23ClN4O2. The van der Waals surface area contributed by atoms with E-state index in [0.29, 0.717) is 39.7 Å². The van der Waals surface area contributed by atoms with Gasteiger partial charge in [0.15, 0.2) is 5.78 Å². The summed E-state index contributed by atoms with van der Waals surface area (Å²) < 4.78 is 0. The lowest BCUT2D eigenvalue weighted by Crippen LogP contribution is -2.52. The lowest BCUT2D eigenvalue weighted by molar-refractivity contribution is -0.123. The molecule has 6 nitrogen and oxygen atoms in total. The molecule has 3 N–H and O–H groups in total. The number of nitriles is 1. The molecule has 0 saturated carbocycles. The average molecular weight is 459 g/mol. The van der Waals surface area contributed by atoms with E-state index in [1.54, 1.807) is 35.2 Å². The van der Waals surface area contributed by atoms with Crippen LogP contribution in [-0.4, -0.2) is 11.7 Å². The largest absolute Gasteiger partial charge is 0.384 e. The van der Waals surface area contributed by atoms with Crippen LogP contribution in [0.3, 0.4) is 0 Å². The maximum Gasteiger partial charge on any atom is 0.245 e. The van der Waals surface area contributed by atoms with Crippen molar-refractivity contribution in [2.24, 2.45) is 11.1 Å². The van der Waals surface area contributed by atoms with Crippen molar-refractivity contribution in [1.29, 1.82) is 5.26 Å². The third kappa shape index (κ3) is 2.79. The summed E-state index contributed by atoms with van der Waals surface area (Å²) in [5, 5.41) is 13.7. The molecule has 0 bridgehead atoms. The molecule has 1 unspecified atom stereocenters. The second kappa shape index (κ2) is 6.97. The Labute approximate surface area is 197 Å². The zero-order valence-corrected chi connectivity index (χ0v) is 19.4. The van der Waals surface area contributed by atoms with Gasteiger partial charge in [-0.15, -0.1) is 0 Å². The first-order valence-corrected chi connectivity index (χ1v) is 11.1. The Morgan fingerprint density at radius 1 is 1.15 bits per heavy atom. The highest BCUT2D eigenvalue weighted by molar-refractivity contribution is 6.31. The lowest BCUT2D eigenvalue weighted by atomic mass is 9.60. The van der Waals surface area contributed by atoms with Gasteiger partial charge in [-0.2, -0.15) is 5.26 Å². The van der Waals surface area contributed by atoms with Gasteiger partial charge >= 0.3 is 0 Å². The van der Waals surface area contributed by atoms with Gasteiger partial charge in [0.1, 0.15) is 17.3 Å². The molecule has 5 rings (SSSR count). The van der Waals surface area contributed by atoms with Crippen LogP contribution in [0, 0.1) is 23.7 Å². The van der Waals surface area contributed by atoms with E-state index in [1.165, 1.54) is 0 Å². The maximum absolute atomic E-state index is 13.8. The number of ketones is 1. The number of hydrogen-bond acceptors (Lipinski definition) is 5. The Morgan fingerprint density at radius 2 is 1.88 bits per heavy atom. The molecule has 0 radical (unpaired) electrons. The monoisotopic (exact) mass is 458 g/mol. The molecule has 166 valence electrons. The lowest BCUT2D eigenvalue weighted by Gasteiger charge is -2.47. The molecule has 0 fully saturated rings. The van der Waals surface area contributed by atoms with Crippen LogP contribution < -0.4 is 16.0 Å². The molecule has 1 atom stereocenters. The summed E-state index contributed by atoms with van der Waals surface area (Å²) in [6.45, 7) is 5.96. The van der Waals surface area contributed by atoms with Crippen LogP contribution in [0.5, 0.6) is 0 Å². The van der Waals surface area contributed by atoms with Gasteiger partial charge in [-0.3, -0.25) is 14.5 Å². The Kier molecular flexibility index (Phi) is 4.50. The minimum atomic E-state index is -1.57. The van der Waals surface area contributed by atoms with Crippen molar-refractivity contribution in [2.45, 2.75) is 39.0 Å². The number of fused-ring (bicyclic) bond motifs is 3. The molecule has 1 aliphatic carbocycles. The number of anilines is 2. The van der Waals surface area contributed by atoms with Gasteiger partial charge in [-0.05, 0) is 42.5 Å². The summed E-state index contributed by atoms with van der Waals surface area (Å²) in [4.78, 5) is 29.2. The fourth-order valence-corrected chi connectivity index (χ4v) is 5.64. The second-order valence-corrected chi connectivity index (χ2v) is 10.1. The predicted octanol–water partition coefficient (Wildman–Crippen LogP) is 4.70. The van der Waals surface area contributed by atoms with Crippen molar-refractivity contribution in [1.82, 2.24) is 0 Å². The minimum Gasteiger partial charge on any atom is -0.384 e. The number of nitrogens with two attached hydrogens (primary N) is 1. The van der Waals surface area contributed by atoms with E-state index in [4.69, 9.17) is 17.3 Å². The summed E-state index contributed by atoms with van der Waals surface area (Å²) in [7, 11) is 0. The van der Waals surface area contributed by atoms with E-state index in [1.807, 2.05) is 32.9 Å². The number of Topliss-reactive ketones (excluding diaryl/α,β-unsaturated/α-hetero) is 1. The third-order valence-corrected chi connectivity index (χ3v) is 7.05. The first kappa shape index (κ1) is 21.3. The molecule has 0 saturated heterocycles. The number of amides is 1. The Morgan fingerprint density at radius 3 is 2.61 bits per heavy atom. The number of halogens is 1. The predicted molar refractivity (Wildman–Crippen MR) is 127 cm³/mol. The van der Waals surface area contributed by atoms with Crippen molar-refractivity contribution in [3.05, 3.63) is 81.3 Å². The number of nitrogens with zero attached hydrogens (tertiary/aromatic N) is 2. The molecule has 2 aromatic carbocycles. The van der Waals surface area contributed by atoms with E-state index in [2.05, 4.69) is 11.4 Å². The molecule has 2 aliphatic heterocycles. The molecule has 33 heavy (non-hydrogen) atoms. The molecule has 0 aromatic heterocycles. The van der Waals surface area contributed by atoms with Gasteiger partial charge in [0.05, 0.1) is 11.3 Å². The number of aryl methyl sites for hydroxylation is 1. The first-order chi connectivity index (χ1) is 15.6. The zero-order valence-electron chi connectivity index (χ0n) is 18.6. The van der Waals surface area contributed by atoms with E-state index >= 15 is 0 Å². The Balaban J connectivity index is 1.92. The van der Waals surface area contributed by atoms with Crippen LogP contribution in [0.15, 0.2) is 65.1 Å². The standard InChI is InChI=1S/C26H23ClN4O2/c1-14-8-9-15(27)10-19(14)31-20-11-25(2,3)12-21(32)22(20)26(17(13-28)23(31)29)16-6-4-5-7-18(16)30-24(26)33/h4-10H,11-12,29H2,1-3H3,(H,30,33). The van der Waals surface area contributed by atoms with Crippen LogP contribution in [0.2, 0.25) is 5.02 Å². The van der Waals surface area contributed by atoms with Gasteiger partial charge in [0.25, 0.3) is 0 Å². The fourth-order valence-electron chi connectivity index (χ4n) is 5.47. The number of benzene rings is 2. The van der Waals surface area contributed by atoms with Crippen LogP contribution in [0.4, 0.5) is 11.4 Å². The number of rotatable bonds is 1. The molecule has 2 heterocycles. The quantitative estimate of drug-likeness (QED) is 0.645. The molecule has 7 heteroatoms. The van der Waals surface area contributed by atoms with Gasteiger partial charge in [-0.1, -0.05) is 49.7 Å². The highest BCUT2D eigenvalue weighted by atomic mass is 35.5. The number of carbonyl (C=O) groups is 2. The number of allylic oxidation sites excluding steroid dienone is 1. The van der Waals surface area contributed by atoms with E-state index in [-0.39, 0.29) is 29.0 Å². The fraction of sp³-hybridized carbons (Fsp3) is 0.269. The summed E-state index contributed by atoms with van der Waals surface area (Å²) >= 11 is 6.33. The molecule has 1 amide bonds. The van der Waals surface area contributed by atoms with Crippen molar-refractivity contribution in [3.63, 3.8) is 0 Å². The topological polar surface area (TPSA) is 99.2 Å². The Hall–Kier alpha value is -3.56. The average Bonchev–Trinajstić information content (AvgIpc) is 3.02. The minimum absolute atomic E-state index is 0.0520. The number of para-hydroxylation sites is 1. The number of hydrogen-bond donors (Lipinski definition) is 2. The summed E-state index contributed by atoms with van der Waals surface area (Å²) in [5.41, 5.74) is 8.56. The Bertz CT molecular complexity index is 1360. The van der Waals surface area contributed by atoms with Gasteiger partial charge in [-0.25, -0.2) is 0 Å². The van der Waals surface area contributed by atoms with Crippen LogP contribution in [0.25, 0.3) is 0 Å². The second-order valence-electron chi connectivity index (χ2n) is 9.65. The summed E-state index contributed by atoms with van der Waals surface area (Å²) in [6, 6.07) is 14.8. The van der Waals surface area contributed by atoms with E-state index < -0.39 is 11.3 Å². The first-order valence-electron chi connectivity index (χ1n) is 10.8. The van der Waals surface area contributed by atoms with Crippen molar-refractivity contribution < 1.29 is 9.59 Å². The zero-order chi connectivity index (χ0) is 23.7. The van der Waals surface area contributed by atoms with E-state index in [9.17, 15) is 14.9 Å². The normalized spacial score (nSPS) is 23.4. The highest BCUT2D eigenvalue weighted by Crippen LogP contribution is 2.57. The highest BCUT2D eigenvalue weighted by Gasteiger charge is 2.61. The summed E-state index contributed by atoms with van der Waals surface area (Å²) in [6.07, 6.45) is 0.778. The van der Waals surface area contributed by atoms with Gasteiger partial charge in [0, 0.05) is 34.0 Å². The number of carbonyl (C=O) groups excluding carboxylic acids is 2. The number of nitrogens with one attached hydrogen (secondary N) is 1. The van der Waals surface area contributed by atoms with Crippen molar-refractivity contribution in [3.8, 4) is 6.07 Å². The SMILES string of the molecule is Cc1ccc(Cl)cc1N1C(N)=C(C#N)C2(C(=O)Nc3ccccc32)C2=C1CC(C)(C)CC2=O. The van der Waals surface area contributed by atoms with Gasteiger partial charge < -0.3 is 11.1 Å². The van der Waals surface area contributed by atoms with E-state index in [0.717, 1.165) is 5.56 Å². The van der Waals surface area contributed by atoms with Crippen LogP contribution >= 0.6 is 11.6 Å². The molecule has 3 aliphatic rings.